The fraction of sp³-hybridized carbons (Fsp3) is 0.500. The second kappa shape index (κ2) is 6.21. The van der Waals surface area contributed by atoms with Crippen molar-refractivity contribution < 1.29 is 9.53 Å². The van der Waals surface area contributed by atoms with Crippen LogP contribution in [0.4, 0.5) is 0 Å². The molecule has 2 rings (SSSR count). The molecule has 0 spiro atoms. The normalized spacial score (nSPS) is 19.6. The number of hydrogen-bond donors (Lipinski definition) is 1. The molecular weight excluding hydrogens is 250 g/mol. The third-order valence-electron chi connectivity index (χ3n) is 3.32. The molecule has 0 bridgehead atoms. The summed E-state index contributed by atoms with van der Waals surface area (Å²) >= 11 is 6.10. The number of ether oxygens (including phenoxy) is 1. The number of benzene rings is 1. The lowest BCUT2D eigenvalue weighted by Gasteiger charge is -2.22. The van der Waals surface area contributed by atoms with E-state index < -0.39 is 0 Å². The molecule has 1 N–H and O–H groups in total. The predicted octanol–water partition coefficient (Wildman–Crippen LogP) is 3.06. The number of piperidine rings is 1. The van der Waals surface area contributed by atoms with E-state index in [-0.39, 0.29) is 5.78 Å². The number of nitrogens with one attached hydrogen (secondary N) is 1. The zero-order valence-electron chi connectivity index (χ0n) is 10.5. The Hall–Kier alpha value is -1.06. The fourth-order valence-electron chi connectivity index (χ4n) is 2.28. The van der Waals surface area contributed by atoms with Gasteiger partial charge in [-0.05, 0) is 37.6 Å². The van der Waals surface area contributed by atoms with Gasteiger partial charge in [0.2, 0.25) is 0 Å². The molecule has 1 fully saturated rings. The van der Waals surface area contributed by atoms with Crippen LogP contribution in [0.15, 0.2) is 18.2 Å². The molecule has 0 aromatic heterocycles. The third kappa shape index (κ3) is 3.24. The maximum absolute atomic E-state index is 12.2. The Morgan fingerprint density at radius 1 is 1.50 bits per heavy atom. The number of hydrogen-bond acceptors (Lipinski definition) is 3. The van der Waals surface area contributed by atoms with Gasteiger partial charge in [-0.25, -0.2) is 0 Å². The van der Waals surface area contributed by atoms with Gasteiger partial charge in [0.25, 0.3) is 0 Å². The van der Waals surface area contributed by atoms with Crippen LogP contribution in [0.2, 0.25) is 5.02 Å². The van der Waals surface area contributed by atoms with Crippen molar-refractivity contribution in [1.29, 1.82) is 0 Å². The maximum Gasteiger partial charge on any atom is 0.165 e. The molecule has 1 atom stereocenters. The SMILES string of the molecule is COc1ccc(C(=O)CC2CCCCN2)c(Cl)c1. The van der Waals surface area contributed by atoms with Crippen LogP contribution in [0.25, 0.3) is 0 Å². The van der Waals surface area contributed by atoms with Gasteiger partial charge < -0.3 is 10.1 Å². The third-order valence-corrected chi connectivity index (χ3v) is 3.63. The molecule has 1 aliphatic rings. The van der Waals surface area contributed by atoms with E-state index in [1.54, 1.807) is 25.3 Å². The van der Waals surface area contributed by atoms with Gasteiger partial charge in [0, 0.05) is 18.0 Å². The Kier molecular flexibility index (Phi) is 4.61. The van der Waals surface area contributed by atoms with E-state index in [9.17, 15) is 4.79 Å². The lowest BCUT2D eigenvalue weighted by molar-refractivity contribution is 0.0964. The van der Waals surface area contributed by atoms with Crippen molar-refractivity contribution in [3.63, 3.8) is 0 Å². The van der Waals surface area contributed by atoms with Gasteiger partial charge in [-0.2, -0.15) is 0 Å². The lowest BCUT2D eigenvalue weighted by atomic mass is 9.97. The van der Waals surface area contributed by atoms with Crippen LogP contribution in [-0.4, -0.2) is 25.5 Å². The van der Waals surface area contributed by atoms with Crippen molar-refractivity contribution >= 4 is 17.4 Å². The van der Waals surface area contributed by atoms with Gasteiger partial charge in [-0.1, -0.05) is 18.0 Å². The van der Waals surface area contributed by atoms with Crippen LogP contribution in [0.1, 0.15) is 36.0 Å². The van der Waals surface area contributed by atoms with Crippen molar-refractivity contribution in [2.75, 3.05) is 13.7 Å². The van der Waals surface area contributed by atoms with E-state index in [1.165, 1.54) is 12.8 Å². The average molecular weight is 268 g/mol. The van der Waals surface area contributed by atoms with E-state index in [0.29, 0.717) is 28.8 Å². The average Bonchev–Trinajstić information content (AvgIpc) is 2.39. The largest absolute Gasteiger partial charge is 0.497 e. The first-order valence-electron chi connectivity index (χ1n) is 6.31. The fourth-order valence-corrected chi connectivity index (χ4v) is 2.56. The summed E-state index contributed by atoms with van der Waals surface area (Å²) in [6.07, 6.45) is 3.99. The zero-order chi connectivity index (χ0) is 13.0. The highest BCUT2D eigenvalue weighted by molar-refractivity contribution is 6.34. The Morgan fingerprint density at radius 2 is 2.33 bits per heavy atom. The molecule has 1 heterocycles. The molecule has 0 radical (unpaired) electrons. The molecule has 98 valence electrons. The number of Topliss-reactive ketones (excluding diaryl/α,β-unsaturated/α-hetero) is 1. The van der Waals surface area contributed by atoms with Gasteiger partial charge >= 0.3 is 0 Å². The second-order valence-corrected chi connectivity index (χ2v) is 5.03. The molecule has 4 heteroatoms. The lowest BCUT2D eigenvalue weighted by Crippen LogP contribution is -2.35. The van der Waals surface area contributed by atoms with Crippen LogP contribution in [-0.2, 0) is 0 Å². The standard InChI is InChI=1S/C14H18ClNO2/c1-18-11-5-6-12(13(15)9-11)14(17)8-10-4-2-3-7-16-10/h5-6,9-10,16H,2-4,7-8H2,1H3. The smallest absolute Gasteiger partial charge is 0.165 e. The number of carbonyl (C=O) groups is 1. The summed E-state index contributed by atoms with van der Waals surface area (Å²) in [6, 6.07) is 5.49. The summed E-state index contributed by atoms with van der Waals surface area (Å²) in [6.45, 7) is 1.01. The topological polar surface area (TPSA) is 38.3 Å². The number of halogens is 1. The zero-order valence-corrected chi connectivity index (χ0v) is 11.3. The van der Waals surface area contributed by atoms with E-state index >= 15 is 0 Å². The quantitative estimate of drug-likeness (QED) is 0.852. The van der Waals surface area contributed by atoms with Gasteiger partial charge in [-0.3, -0.25) is 4.79 Å². The van der Waals surface area contributed by atoms with Gasteiger partial charge in [0.15, 0.2) is 5.78 Å². The van der Waals surface area contributed by atoms with Crippen LogP contribution >= 0.6 is 11.6 Å². The Balaban J connectivity index is 2.03. The first-order valence-corrected chi connectivity index (χ1v) is 6.68. The Morgan fingerprint density at radius 3 is 2.94 bits per heavy atom. The van der Waals surface area contributed by atoms with Crippen LogP contribution in [0, 0.1) is 0 Å². The van der Waals surface area contributed by atoms with Gasteiger partial charge in [0.05, 0.1) is 12.1 Å². The van der Waals surface area contributed by atoms with E-state index in [1.807, 2.05) is 0 Å². The molecule has 1 aromatic carbocycles. The molecule has 18 heavy (non-hydrogen) atoms. The predicted molar refractivity (Wildman–Crippen MR) is 72.6 cm³/mol. The van der Waals surface area contributed by atoms with Crippen LogP contribution < -0.4 is 10.1 Å². The number of methoxy groups -OCH3 is 1. The van der Waals surface area contributed by atoms with Crippen molar-refractivity contribution in [3.8, 4) is 5.75 Å². The molecule has 1 unspecified atom stereocenters. The Bertz CT molecular complexity index is 428. The van der Waals surface area contributed by atoms with Crippen LogP contribution in [0.5, 0.6) is 5.75 Å². The number of carbonyl (C=O) groups excluding carboxylic acids is 1. The van der Waals surface area contributed by atoms with Crippen molar-refractivity contribution in [3.05, 3.63) is 28.8 Å². The molecule has 0 aliphatic carbocycles. The highest BCUT2D eigenvalue weighted by atomic mass is 35.5. The van der Waals surface area contributed by atoms with Crippen LogP contribution in [0.3, 0.4) is 0 Å². The van der Waals surface area contributed by atoms with Gasteiger partial charge in [-0.15, -0.1) is 0 Å². The van der Waals surface area contributed by atoms with Crippen molar-refractivity contribution in [1.82, 2.24) is 5.32 Å². The van der Waals surface area contributed by atoms with E-state index in [4.69, 9.17) is 16.3 Å². The minimum Gasteiger partial charge on any atom is -0.497 e. The molecular formula is C14H18ClNO2. The molecule has 3 nitrogen and oxygen atoms in total. The highest BCUT2D eigenvalue weighted by Crippen LogP contribution is 2.24. The molecule has 0 saturated carbocycles. The van der Waals surface area contributed by atoms with Crippen molar-refractivity contribution in [2.45, 2.75) is 31.7 Å². The van der Waals surface area contributed by atoms with E-state index in [2.05, 4.69) is 5.32 Å². The van der Waals surface area contributed by atoms with E-state index in [0.717, 1.165) is 13.0 Å². The summed E-state index contributed by atoms with van der Waals surface area (Å²) in [5.74, 6) is 0.773. The van der Waals surface area contributed by atoms with Gasteiger partial charge in [0.1, 0.15) is 5.75 Å². The molecule has 1 aliphatic heterocycles. The summed E-state index contributed by atoms with van der Waals surface area (Å²) in [7, 11) is 1.58. The monoisotopic (exact) mass is 267 g/mol. The summed E-state index contributed by atoms with van der Waals surface area (Å²) in [4.78, 5) is 12.2. The molecule has 1 saturated heterocycles. The summed E-state index contributed by atoms with van der Waals surface area (Å²) in [5, 5.41) is 3.84. The molecule has 1 aromatic rings. The minimum atomic E-state index is 0.0991. The summed E-state index contributed by atoms with van der Waals surface area (Å²) < 4.78 is 5.07. The highest BCUT2D eigenvalue weighted by Gasteiger charge is 2.19. The maximum atomic E-state index is 12.2. The minimum absolute atomic E-state index is 0.0991. The summed E-state index contributed by atoms with van der Waals surface area (Å²) in [5.41, 5.74) is 0.588. The first kappa shape index (κ1) is 13.4. The Labute approximate surface area is 112 Å². The first-order chi connectivity index (χ1) is 8.70. The second-order valence-electron chi connectivity index (χ2n) is 4.62. The number of ketones is 1. The van der Waals surface area contributed by atoms with Crippen molar-refractivity contribution in [2.24, 2.45) is 0 Å². The number of rotatable bonds is 4. The molecule has 0 amide bonds.